The third-order valence-electron chi connectivity index (χ3n) is 3.45. The highest BCUT2D eigenvalue weighted by Gasteiger charge is 2.14. The maximum Gasteiger partial charge on any atom is 0.138 e. The van der Waals surface area contributed by atoms with E-state index in [0.29, 0.717) is 12.1 Å². The molecule has 2 aromatic carbocycles. The Labute approximate surface area is 122 Å². The van der Waals surface area contributed by atoms with E-state index in [1.54, 1.807) is 18.2 Å². The lowest BCUT2D eigenvalue weighted by Gasteiger charge is -2.21. The van der Waals surface area contributed by atoms with E-state index in [0.717, 1.165) is 17.2 Å². The fraction of sp³-hybridized carbons (Fsp3) is 0.118. The van der Waals surface area contributed by atoms with E-state index in [1.807, 2.05) is 41.1 Å². The van der Waals surface area contributed by atoms with Crippen molar-refractivity contribution in [1.29, 1.82) is 0 Å². The van der Waals surface area contributed by atoms with Gasteiger partial charge in [-0.15, -0.1) is 0 Å². The van der Waals surface area contributed by atoms with Crippen molar-refractivity contribution in [2.45, 2.75) is 12.6 Å². The molecular formula is C17H15N2O2. The second-order valence-electron chi connectivity index (χ2n) is 4.79. The summed E-state index contributed by atoms with van der Waals surface area (Å²) in [5.41, 5.74) is 1.60. The van der Waals surface area contributed by atoms with Gasteiger partial charge < -0.3 is 19.8 Å². The molecular weight excluding hydrogens is 264 g/mol. The Morgan fingerprint density at radius 1 is 1.29 bits per heavy atom. The highest BCUT2D eigenvalue weighted by Crippen LogP contribution is 2.27. The molecule has 0 spiro atoms. The summed E-state index contributed by atoms with van der Waals surface area (Å²) >= 11 is 0. The van der Waals surface area contributed by atoms with Gasteiger partial charge in [-0.05, 0) is 35.7 Å². The second kappa shape index (κ2) is 5.71. The number of nitrogens with one attached hydrogen (secondary N) is 1. The Morgan fingerprint density at radius 2 is 2.14 bits per heavy atom. The first-order valence-electron chi connectivity index (χ1n) is 6.74. The lowest BCUT2D eigenvalue weighted by atomic mass is 10.2. The van der Waals surface area contributed by atoms with E-state index in [-0.39, 0.29) is 11.9 Å². The zero-order valence-electron chi connectivity index (χ0n) is 11.4. The molecule has 0 amide bonds. The van der Waals surface area contributed by atoms with E-state index in [2.05, 4.69) is 11.4 Å². The third-order valence-corrected chi connectivity index (χ3v) is 3.45. The monoisotopic (exact) mass is 279 g/mol. The fourth-order valence-corrected chi connectivity index (χ4v) is 2.43. The second-order valence-corrected chi connectivity index (χ2v) is 4.79. The fourth-order valence-electron chi connectivity index (χ4n) is 2.43. The molecule has 0 bridgehead atoms. The molecule has 4 nitrogen and oxygen atoms in total. The number of nitrogens with zero attached hydrogens (tertiary/aromatic N) is 1. The summed E-state index contributed by atoms with van der Waals surface area (Å²) < 4.78 is 2.00. The normalized spacial score (nSPS) is 12.2. The van der Waals surface area contributed by atoms with Crippen molar-refractivity contribution >= 4 is 22.9 Å². The van der Waals surface area contributed by atoms with Crippen molar-refractivity contribution < 1.29 is 9.90 Å². The lowest BCUT2D eigenvalue weighted by molar-refractivity contribution is -0.108. The van der Waals surface area contributed by atoms with Crippen molar-refractivity contribution in [3.63, 3.8) is 0 Å². The molecule has 0 saturated carbocycles. The molecule has 3 aromatic rings. The van der Waals surface area contributed by atoms with Gasteiger partial charge in [0.2, 0.25) is 0 Å². The predicted octanol–water partition coefficient (Wildman–Crippen LogP) is 3.35. The largest absolute Gasteiger partial charge is 0.506 e. The van der Waals surface area contributed by atoms with Crippen molar-refractivity contribution in [3.05, 3.63) is 60.8 Å². The van der Waals surface area contributed by atoms with Crippen molar-refractivity contribution in [3.8, 4) is 5.75 Å². The summed E-state index contributed by atoms with van der Waals surface area (Å²) in [5, 5.41) is 14.2. The van der Waals surface area contributed by atoms with E-state index in [9.17, 15) is 9.90 Å². The number of anilines is 1. The quantitative estimate of drug-likeness (QED) is 0.556. The van der Waals surface area contributed by atoms with Crippen molar-refractivity contribution in [2.75, 3.05) is 5.32 Å². The van der Waals surface area contributed by atoms with Gasteiger partial charge in [-0.3, -0.25) is 0 Å². The third kappa shape index (κ3) is 2.60. The van der Waals surface area contributed by atoms with Crippen LogP contribution in [0.15, 0.2) is 54.7 Å². The number of phenols is 1. The number of hydrogen-bond acceptors (Lipinski definition) is 3. The van der Waals surface area contributed by atoms with Crippen LogP contribution in [0.1, 0.15) is 12.6 Å². The van der Waals surface area contributed by atoms with Gasteiger partial charge in [-0.1, -0.05) is 24.3 Å². The first-order valence-corrected chi connectivity index (χ1v) is 6.74. The lowest BCUT2D eigenvalue weighted by Crippen LogP contribution is -2.18. The van der Waals surface area contributed by atoms with Crippen LogP contribution in [0.2, 0.25) is 0 Å². The van der Waals surface area contributed by atoms with Crippen LogP contribution in [-0.4, -0.2) is 16.0 Å². The minimum absolute atomic E-state index is 0.140. The average Bonchev–Trinajstić information content (AvgIpc) is 2.93. The predicted molar refractivity (Wildman–Crippen MR) is 82.2 cm³/mol. The van der Waals surface area contributed by atoms with E-state index in [4.69, 9.17) is 0 Å². The topological polar surface area (TPSA) is 54.3 Å². The first-order chi connectivity index (χ1) is 10.3. The number of benzene rings is 2. The Hall–Kier alpha value is -2.75. The number of phenolic OH excluding ortho intramolecular Hbond substituents is 1. The standard InChI is InChI=1S/C17H15N2O2/c20-12-10-17(18-14-6-2-4-8-16(14)21)19-11-9-13-5-1-3-7-15(13)19/h1,3-9,11-12,17-18,21H,10H2. The first kappa shape index (κ1) is 13.2. The van der Waals surface area contributed by atoms with Crippen molar-refractivity contribution in [2.24, 2.45) is 0 Å². The zero-order chi connectivity index (χ0) is 14.7. The molecule has 0 aliphatic carbocycles. The van der Waals surface area contributed by atoms with E-state index < -0.39 is 0 Å². The molecule has 1 atom stereocenters. The van der Waals surface area contributed by atoms with Crippen LogP contribution in [0, 0.1) is 6.07 Å². The molecule has 21 heavy (non-hydrogen) atoms. The summed E-state index contributed by atoms with van der Waals surface area (Å²) in [7, 11) is 0. The Bertz CT molecular complexity index is 764. The number of aromatic hydroxyl groups is 1. The molecule has 1 heterocycles. The van der Waals surface area contributed by atoms with Gasteiger partial charge in [-0.25, -0.2) is 0 Å². The van der Waals surface area contributed by atoms with Crippen LogP contribution in [0.25, 0.3) is 10.9 Å². The molecule has 0 aliphatic rings. The van der Waals surface area contributed by atoms with Crippen LogP contribution in [0.4, 0.5) is 5.69 Å². The molecule has 2 N–H and O–H groups in total. The number of aromatic nitrogens is 1. The van der Waals surface area contributed by atoms with Gasteiger partial charge in [0.25, 0.3) is 0 Å². The highest BCUT2D eigenvalue weighted by atomic mass is 16.3. The highest BCUT2D eigenvalue weighted by molar-refractivity contribution is 5.80. The number of para-hydroxylation sites is 1. The SMILES string of the molecule is O=CCC(Nc1c[c]ccc1O)n1ccc2ccccc21. The minimum Gasteiger partial charge on any atom is -0.506 e. The number of rotatable bonds is 5. The smallest absolute Gasteiger partial charge is 0.138 e. The summed E-state index contributed by atoms with van der Waals surface area (Å²) in [4.78, 5) is 11.0. The number of hydrogen-bond donors (Lipinski definition) is 2. The van der Waals surface area contributed by atoms with Crippen molar-refractivity contribution in [1.82, 2.24) is 4.57 Å². The van der Waals surface area contributed by atoms with Crippen LogP contribution in [-0.2, 0) is 4.79 Å². The van der Waals surface area contributed by atoms with Gasteiger partial charge in [0, 0.05) is 18.1 Å². The number of fused-ring (bicyclic) bond motifs is 1. The maximum absolute atomic E-state index is 11.0. The Balaban J connectivity index is 1.98. The van der Waals surface area contributed by atoms with Gasteiger partial charge in [0.05, 0.1) is 5.69 Å². The van der Waals surface area contributed by atoms with E-state index >= 15 is 0 Å². The Morgan fingerprint density at radius 3 is 2.95 bits per heavy atom. The van der Waals surface area contributed by atoms with Gasteiger partial charge >= 0.3 is 0 Å². The molecule has 0 aliphatic heterocycles. The summed E-state index contributed by atoms with van der Waals surface area (Å²) in [6.45, 7) is 0. The summed E-state index contributed by atoms with van der Waals surface area (Å²) in [6, 6.07) is 17.8. The number of carbonyl (C=O) groups excluding carboxylic acids is 1. The number of aldehydes is 1. The van der Waals surface area contributed by atoms with Gasteiger partial charge in [0.1, 0.15) is 18.2 Å². The summed E-state index contributed by atoms with van der Waals surface area (Å²) in [5.74, 6) is 0.140. The van der Waals surface area contributed by atoms with Gasteiger partial charge in [0.15, 0.2) is 0 Å². The Kier molecular flexibility index (Phi) is 3.60. The number of carbonyl (C=O) groups is 1. The van der Waals surface area contributed by atoms with Gasteiger partial charge in [-0.2, -0.15) is 0 Å². The molecule has 1 unspecified atom stereocenters. The average molecular weight is 279 g/mol. The molecule has 0 saturated heterocycles. The van der Waals surface area contributed by atoms with Crippen LogP contribution >= 0.6 is 0 Å². The van der Waals surface area contributed by atoms with Crippen LogP contribution < -0.4 is 5.32 Å². The van der Waals surface area contributed by atoms with E-state index in [1.165, 1.54) is 0 Å². The molecule has 0 fully saturated rings. The molecule has 3 rings (SSSR count). The maximum atomic E-state index is 11.0. The minimum atomic E-state index is -0.260. The molecule has 1 aromatic heterocycles. The molecule has 105 valence electrons. The van der Waals surface area contributed by atoms with Crippen LogP contribution in [0.5, 0.6) is 5.75 Å². The van der Waals surface area contributed by atoms with Crippen LogP contribution in [0.3, 0.4) is 0 Å². The summed E-state index contributed by atoms with van der Waals surface area (Å²) in [6.07, 6.45) is 2.85. The molecule has 1 radical (unpaired) electrons. The zero-order valence-corrected chi connectivity index (χ0v) is 11.4. The molecule has 4 heteroatoms.